The van der Waals surface area contributed by atoms with E-state index in [9.17, 15) is 22.4 Å². The highest BCUT2D eigenvalue weighted by Crippen LogP contribution is 2.31. The molecule has 0 saturated heterocycles. The van der Waals surface area contributed by atoms with Gasteiger partial charge >= 0.3 is 6.09 Å². The van der Waals surface area contributed by atoms with Crippen molar-refractivity contribution in [3.63, 3.8) is 0 Å². The summed E-state index contributed by atoms with van der Waals surface area (Å²) < 4.78 is 52.7. The predicted molar refractivity (Wildman–Crippen MR) is 150 cm³/mol. The number of aromatic nitrogens is 1. The first kappa shape index (κ1) is 30.2. The van der Waals surface area contributed by atoms with Crippen LogP contribution in [-0.2, 0) is 19.6 Å². The fraction of sp³-hybridized carbons (Fsp3) is 0.414. The number of hydrogen-bond donors (Lipinski definition) is 3. The number of nitrogens with zero attached hydrogens (tertiary/aromatic N) is 1. The lowest BCUT2D eigenvalue weighted by Gasteiger charge is -2.40. The third kappa shape index (κ3) is 7.70. The van der Waals surface area contributed by atoms with Gasteiger partial charge in [0.25, 0.3) is 0 Å². The van der Waals surface area contributed by atoms with Crippen LogP contribution in [0.4, 0.5) is 9.18 Å². The van der Waals surface area contributed by atoms with Crippen molar-refractivity contribution in [1.82, 2.24) is 20.3 Å². The second kappa shape index (κ2) is 12.0. The highest BCUT2D eigenvalue weighted by molar-refractivity contribution is 7.89. The predicted octanol–water partition coefficient (Wildman–Crippen LogP) is 4.84. The number of ether oxygens (including phenoxy) is 1. The quantitative estimate of drug-likeness (QED) is 0.343. The highest BCUT2D eigenvalue weighted by Gasteiger charge is 2.45. The van der Waals surface area contributed by atoms with Gasteiger partial charge in [-0.05, 0) is 83.2 Å². The van der Waals surface area contributed by atoms with Crippen LogP contribution in [-0.4, -0.2) is 42.6 Å². The summed E-state index contributed by atoms with van der Waals surface area (Å²) in [6.45, 7) is 6.93. The summed E-state index contributed by atoms with van der Waals surface area (Å²) >= 11 is 0. The molecule has 220 valence electrons. The van der Waals surface area contributed by atoms with Gasteiger partial charge in [-0.2, -0.15) is 0 Å². The molecule has 0 aliphatic heterocycles. The Balaban J connectivity index is 1.46. The average Bonchev–Trinajstić information content (AvgIpc) is 3.44. The number of carbonyl (C=O) groups is 2. The molecule has 10 nitrogen and oxygen atoms in total. The number of oxazole rings is 1. The molecule has 41 heavy (non-hydrogen) atoms. The van der Waals surface area contributed by atoms with E-state index in [2.05, 4.69) is 20.3 Å². The Morgan fingerprint density at radius 2 is 1.71 bits per heavy atom. The van der Waals surface area contributed by atoms with Crippen molar-refractivity contribution in [2.45, 2.75) is 81.5 Å². The largest absolute Gasteiger partial charge is 0.451 e. The Hall–Kier alpha value is -3.77. The number of amides is 2. The third-order valence-electron chi connectivity index (χ3n) is 6.95. The maximum absolute atomic E-state index is 13.6. The molecule has 0 radical (unpaired) electrons. The van der Waals surface area contributed by atoms with E-state index in [0.717, 1.165) is 0 Å². The lowest BCUT2D eigenvalue weighted by Crippen LogP contribution is -2.62. The Kier molecular flexibility index (Phi) is 8.83. The molecule has 3 aromatic rings. The summed E-state index contributed by atoms with van der Waals surface area (Å²) in [5, 5.41) is 5.68. The Bertz CT molecular complexity index is 1440. The zero-order valence-electron chi connectivity index (χ0n) is 23.4. The second-order valence-corrected chi connectivity index (χ2v) is 13.0. The molecule has 1 saturated carbocycles. The van der Waals surface area contributed by atoms with Gasteiger partial charge in [0.2, 0.25) is 15.9 Å². The molecule has 1 aromatic heterocycles. The van der Waals surface area contributed by atoms with Gasteiger partial charge in [0, 0.05) is 11.6 Å². The molecular weight excluding hydrogens is 551 g/mol. The van der Waals surface area contributed by atoms with Gasteiger partial charge in [-0.15, -0.1) is 0 Å². The van der Waals surface area contributed by atoms with Crippen molar-refractivity contribution in [2.75, 3.05) is 0 Å². The van der Waals surface area contributed by atoms with Crippen LogP contribution in [0.15, 0.2) is 70.5 Å². The van der Waals surface area contributed by atoms with Crippen molar-refractivity contribution >= 4 is 22.0 Å². The molecule has 2 amide bonds. The minimum Gasteiger partial charge on any atom is -0.451 e. The summed E-state index contributed by atoms with van der Waals surface area (Å²) in [6, 6.07) is 11.2. The fourth-order valence-corrected chi connectivity index (χ4v) is 6.06. The lowest BCUT2D eigenvalue weighted by atomic mass is 9.78. The Morgan fingerprint density at radius 3 is 2.27 bits per heavy atom. The minimum atomic E-state index is -3.85. The van der Waals surface area contributed by atoms with Crippen LogP contribution in [0.3, 0.4) is 0 Å². The summed E-state index contributed by atoms with van der Waals surface area (Å²) in [5.74, 6) is -0.813. The second-order valence-electron chi connectivity index (χ2n) is 11.2. The first-order valence-corrected chi connectivity index (χ1v) is 14.8. The summed E-state index contributed by atoms with van der Waals surface area (Å²) in [7, 11) is -3.85. The molecular formula is C29H35FN4O6S. The number of sulfonamides is 1. The third-order valence-corrected chi connectivity index (χ3v) is 8.48. The summed E-state index contributed by atoms with van der Waals surface area (Å²) in [4.78, 5) is 30.5. The van der Waals surface area contributed by atoms with Crippen LogP contribution in [0.1, 0.15) is 65.0 Å². The number of benzene rings is 2. The van der Waals surface area contributed by atoms with E-state index >= 15 is 0 Å². The smallest absolute Gasteiger partial charge is 0.408 e. The van der Waals surface area contributed by atoms with Crippen LogP contribution in [0.5, 0.6) is 0 Å². The van der Waals surface area contributed by atoms with Gasteiger partial charge < -0.3 is 19.8 Å². The Morgan fingerprint density at radius 1 is 1.07 bits per heavy atom. The molecule has 3 N–H and O–H groups in total. The summed E-state index contributed by atoms with van der Waals surface area (Å²) in [6.07, 6.45) is 2.96. The van der Waals surface area contributed by atoms with E-state index in [1.807, 2.05) is 0 Å². The molecule has 0 unspecified atom stereocenters. The van der Waals surface area contributed by atoms with Gasteiger partial charge in [0.05, 0.1) is 10.9 Å². The van der Waals surface area contributed by atoms with Crippen molar-refractivity contribution in [3.05, 3.63) is 72.6 Å². The van der Waals surface area contributed by atoms with Gasteiger partial charge in [0.1, 0.15) is 28.9 Å². The number of alkyl carbamates (subject to hydrolysis) is 1. The monoisotopic (exact) mass is 586 g/mol. The molecule has 1 aliphatic carbocycles. The molecule has 12 heteroatoms. The number of rotatable bonds is 8. The standard InChI is InChI=1S/C29H35FN4O6S/c1-19(20-5-9-22(30)10-6-20)32-26(35)29(33-27(36)40-28(2,3)4)15-13-23(14-16-29)34-41(37,38)24-11-7-21(8-12-24)25-17-39-18-31-25/h5-12,17-19,23,34H,13-16H2,1-4H3,(H,32,35)(H,33,36)/t19-,23-,29+/m1/s1. The van der Waals surface area contributed by atoms with Gasteiger partial charge in [-0.3, -0.25) is 4.79 Å². The van der Waals surface area contributed by atoms with Crippen molar-refractivity contribution in [3.8, 4) is 11.3 Å². The Labute approximate surface area is 239 Å². The molecule has 0 spiro atoms. The zero-order valence-corrected chi connectivity index (χ0v) is 24.3. The van der Waals surface area contributed by atoms with Crippen LogP contribution in [0.25, 0.3) is 11.3 Å². The molecule has 1 atom stereocenters. The number of halogens is 1. The van der Waals surface area contributed by atoms with Crippen LogP contribution < -0.4 is 15.4 Å². The molecule has 1 fully saturated rings. The van der Waals surface area contributed by atoms with E-state index in [-0.39, 0.29) is 23.6 Å². The fourth-order valence-electron chi connectivity index (χ4n) is 4.75. The topological polar surface area (TPSA) is 140 Å². The van der Waals surface area contributed by atoms with E-state index in [0.29, 0.717) is 29.7 Å². The van der Waals surface area contributed by atoms with E-state index < -0.39 is 45.2 Å². The van der Waals surface area contributed by atoms with Gasteiger partial charge in [-0.1, -0.05) is 24.3 Å². The number of carbonyl (C=O) groups excluding carboxylic acids is 2. The SMILES string of the molecule is C[C@@H](NC(=O)[C@]1(NC(=O)OC(C)(C)C)CC[C@@H](NS(=O)(=O)c2ccc(-c3cocn3)cc2)CC1)c1ccc(F)cc1. The van der Waals surface area contributed by atoms with Crippen LogP contribution in [0.2, 0.25) is 0 Å². The summed E-state index contributed by atoms with van der Waals surface area (Å²) in [5.41, 5.74) is -0.0933. The first-order valence-electron chi connectivity index (χ1n) is 13.3. The number of nitrogens with one attached hydrogen (secondary N) is 3. The van der Waals surface area contributed by atoms with Crippen molar-refractivity contribution in [2.24, 2.45) is 0 Å². The average molecular weight is 587 g/mol. The van der Waals surface area contributed by atoms with Crippen LogP contribution >= 0.6 is 0 Å². The van der Waals surface area contributed by atoms with E-state index in [4.69, 9.17) is 9.15 Å². The molecule has 4 rings (SSSR count). The number of hydrogen-bond acceptors (Lipinski definition) is 7. The van der Waals surface area contributed by atoms with E-state index in [1.54, 1.807) is 52.0 Å². The molecule has 1 aliphatic rings. The molecule has 0 bridgehead atoms. The minimum absolute atomic E-state index is 0.0966. The van der Waals surface area contributed by atoms with Crippen molar-refractivity contribution in [1.29, 1.82) is 0 Å². The van der Waals surface area contributed by atoms with Crippen molar-refractivity contribution < 1.29 is 31.6 Å². The zero-order chi connectivity index (χ0) is 29.8. The first-order chi connectivity index (χ1) is 19.3. The van der Waals surface area contributed by atoms with Crippen LogP contribution in [0, 0.1) is 5.82 Å². The maximum atomic E-state index is 13.6. The molecule has 1 heterocycles. The van der Waals surface area contributed by atoms with Gasteiger partial charge in [-0.25, -0.2) is 27.3 Å². The molecule has 2 aromatic carbocycles. The normalized spacial score (nSPS) is 20.2. The maximum Gasteiger partial charge on any atom is 0.408 e. The van der Waals surface area contributed by atoms with Gasteiger partial charge in [0.15, 0.2) is 6.39 Å². The van der Waals surface area contributed by atoms with E-state index in [1.165, 1.54) is 36.9 Å². The highest BCUT2D eigenvalue weighted by atomic mass is 32.2. The lowest BCUT2D eigenvalue weighted by molar-refractivity contribution is -0.130.